The summed E-state index contributed by atoms with van der Waals surface area (Å²) in [6.45, 7) is 7.34. The zero-order valence-corrected chi connectivity index (χ0v) is 18.2. The first-order valence-electron chi connectivity index (χ1n) is 9.29. The van der Waals surface area contributed by atoms with E-state index in [1.165, 1.54) is 0 Å². The molecule has 0 aliphatic carbocycles. The number of methoxy groups -OCH3 is 2. The highest BCUT2D eigenvalue weighted by Gasteiger charge is 2.41. The Hall–Kier alpha value is -2.01. The molecule has 0 saturated heterocycles. The van der Waals surface area contributed by atoms with Crippen LogP contribution in [0.3, 0.4) is 0 Å². The second kappa shape index (κ2) is 9.97. The van der Waals surface area contributed by atoms with Gasteiger partial charge in [0.1, 0.15) is 11.5 Å². The van der Waals surface area contributed by atoms with Gasteiger partial charge in [0, 0.05) is 17.3 Å². The van der Waals surface area contributed by atoms with E-state index in [0.29, 0.717) is 17.1 Å². The van der Waals surface area contributed by atoms with Gasteiger partial charge < -0.3 is 23.8 Å². The first kappa shape index (κ1) is 22.3. The molecule has 0 aliphatic rings. The number of para-hydroxylation sites is 1. The van der Waals surface area contributed by atoms with Crippen LogP contribution in [0.4, 0.5) is 5.69 Å². The number of benzene rings is 2. The van der Waals surface area contributed by atoms with Crippen LogP contribution < -0.4 is 14.8 Å². The van der Waals surface area contributed by atoms with Crippen molar-refractivity contribution in [2.45, 2.75) is 45.7 Å². The van der Waals surface area contributed by atoms with Crippen LogP contribution in [0.2, 0.25) is 0 Å². The standard InChI is InChI=1S/C21H30NO5P/c1-15(2)26-28(23,27-16(3)4)21(22-17-10-8-7-9-11-17)19-13-12-18(24-5)14-20(19)25-6/h7-16,21-22H,1-6H3/t21-/m0/s1. The van der Waals surface area contributed by atoms with Crippen molar-refractivity contribution >= 4 is 13.3 Å². The number of hydrogen-bond acceptors (Lipinski definition) is 6. The highest BCUT2D eigenvalue weighted by Crippen LogP contribution is 2.63. The van der Waals surface area contributed by atoms with Gasteiger partial charge in [-0.05, 0) is 52.0 Å². The summed E-state index contributed by atoms with van der Waals surface area (Å²) in [7, 11) is -0.474. The Kier molecular flexibility index (Phi) is 7.93. The maximum Gasteiger partial charge on any atom is 0.357 e. The molecular weight excluding hydrogens is 377 g/mol. The first-order valence-corrected chi connectivity index (χ1v) is 10.9. The zero-order valence-electron chi connectivity index (χ0n) is 17.3. The molecule has 0 amide bonds. The molecule has 0 unspecified atom stereocenters. The van der Waals surface area contributed by atoms with E-state index in [-0.39, 0.29) is 12.2 Å². The van der Waals surface area contributed by atoms with E-state index in [1.54, 1.807) is 26.4 Å². The fourth-order valence-electron chi connectivity index (χ4n) is 2.80. The molecular formula is C21H30NO5P. The molecule has 0 spiro atoms. The second-order valence-electron chi connectivity index (χ2n) is 6.87. The SMILES string of the molecule is COc1ccc([C@@H](Nc2ccccc2)P(=O)(OC(C)C)OC(C)C)c(OC)c1. The van der Waals surface area contributed by atoms with E-state index in [1.807, 2.05) is 64.1 Å². The molecule has 6 nitrogen and oxygen atoms in total. The first-order chi connectivity index (χ1) is 13.3. The third-order valence-corrected chi connectivity index (χ3v) is 6.31. The summed E-state index contributed by atoms with van der Waals surface area (Å²) >= 11 is 0. The van der Waals surface area contributed by atoms with Gasteiger partial charge in [-0.15, -0.1) is 0 Å². The average Bonchev–Trinajstić information content (AvgIpc) is 2.65. The minimum absolute atomic E-state index is 0.283. The lowest BCUT2D eigenvalue weighted by Crippen LogP contribution is -2.19. The Morgan fingerprint density at radius 1 is 0.857 bits per heavy atom. The molecule has 0 fully saturated rings. The molecule has 0 bridgehead atoms. The van der Waals surface area contributed by atoms with Crippen LogP contribution in [-0.2, 0) is 13.6 Å². The quantitative estimate of drug-likeness (QED) is 0.498. The summed E-state index contributed by atoms with van der Waals surface area (Å²) in [4.78, 5) is 0. The van der Waals surface area contributed by atoms with Crippen molar-refractivity contribution < 1.29 is 23.1 Å². The van der Waals surface area contributed by atoms with Gasteiger partial charge in [-0.25, -0.2) is 0 Å². The molecule has 0 heterocycles. The lowest BCUT2D eigenvalue weighted by molar-refractivity contribution is 0.137. The lowest BCUT2D eigenvalue weighted by Gasteiger charge is -2.32. The molecule has 7 heteroatoms. The predicted octanol–water partition coefficient (Wildman–Crippen LogP) is 5.86. The molecule has 1 N–H and O–H groups in total. The van der Waals surface area contributed by atoms with E-state index in [0.717, 1.165) is 5.69 Å². The van der Waals surface area contributed by atoms with E-state index < -0.39 is 13.4 Å². The van der Waals surface area contributed by atoms with Crippen molar-refractivity contribution in [1.82, 2.24) is 0 Å². The molecule has 1 atom stereocenters. The summed E-state index contributed by atoms with van der Waals surface area (Å²) < 4.78 is 36.6. The predicted molar refractivity (Wildman–Crippen MR) is 112 cm³/mol. The Labute approximate surface area is 167 Å². The Morgan fingerprint density at radius 3 is 1.96 bits per heavy atom. The number of anilines is 1. The van der Waals surface area contributed by atoms with Crippen molar-refractivity contribution in [1.29, 1.82) is 0 Å². The summed E-state index contributed by atoms with van der Waals surface area (Å²) in [5.74, 6) is 0.414. The summed E-state index contributed by atoms with van der Waals surface area (Å²) in [5.41, 5.74) is 1.46. The van der Waals surface area contributed by atoms with E-state index in [2.05, 4.69) is 5.32 Å². The van der Waals surface area contributed by atoms with Crippen LogP contribution >= 0.6 is 7.60 Å². The highest BCUT2D eigenvalue weighted by molar-refractivity contribution is 7.54. The average molecular weight is 407 g/mol. The number of nitrogens with one attached hydrogen (secondary N) is 1. The van der Waals surface area contributed by atoms with Crippen molar-refractivity contribution in [3.8, 4) is 11.5 Å². The molecule has 0 saturated carbocycles. The van der Waals surface area contributed by atoms with Gasteiger partial charge in [0.05, 0.1) is 26.4 Å². The molecule has 2 aromatic carbocycles. The van der Waals surface area contributed by atoms with E-state index in [9.17, 15) is 4.57 Å². The smallest absolute Gasteiger partial charge is 0.357 e. The Bertz CT molecular complexity index is 781. The van der Waals surface area contributed by atoms with Crippen LogP contribution in [0, 0.1) is 0 Å². The second-order valence-corrected chi connectivity index (χ2v) is 8.89. The fourth-order valence-corrected chi connectivity index (χ4v) is 5.13. The van der Waals surface area contributed by atoms with Gasteiger partial charge in [0.25, 0.3) is 0 Å². The number of rotatable bonds is 10. The van der Waals surface area contributed by atoms with Gasteiger partial charge in [0.15, 0.2) is 5.78 Å². The maximum absolute atomic E-state index is 14.0. The van der Waals surface area contributed by atoms with Gasteiger partial charge in [-0.2, -0.15) is 0 Å². The van der Waals surface area contributed by atoms with Crippen molar-refractivity contribution in [3.63, 3.8) is 0 Å². The van der Waals surface area contributed by atoms with Crippen molar-refractivity contribution in [2.24, 2.45) is 0 Å². The van der Waals surface area contributed by atoms with E-state index in [4.69, 9.17) is 18.5 Å². The highest BCUT2D eigenvalue weighted by atomic mass is 31.2. The minimum Gasteiger partial charge on any atom is -0.497 e. The normalized spacial score (nSPS) is 12.9. The Balaban J connectivity index is 2.59. The largest absolute Gasteiger partial charge is 0.497 e. The Morgan fingerprint density at radius 2 is 1.46 bits per heavy atom. The van der Waals surface area contributed by atoms with Crippen LogP contribution in [0.5, 0.6) is 11.5 Å². The minimum atomic E-state index is -3.62. The van der Waals surface area contributed by atoms with Crippen LogP contribution in [0.25, 0.3) is 0 Å². The zero-order chi connectivity index (χ0) is 20.7. The molecule has 0 aliphatic heterocycles. The summed E-state index contributed by atoms with van der Waals surface area (Å²) in [6, 6.07) is 14.9. The van der Waals surface area contributed by atoms with E-state index >= 15 is 0 Å². The summed E-state index contributed by atoms with van der Waals surface area (Å²) in [6.07, 6.45) is -0.567. The monoisotopic (exact) mass is 407 g/mol. The number of ether oxygens (including phenoxy) is 2. The third-order valence-electron chi connectivity index (χ3n) is 3.84. The van der Waals surface area contributed by atoms with Crippen molar-refractivity contribution in [3.05, 3.63) is 54.1 Å². The van der Waals surface area contributed by atoms with Crippen LogP contribution in [0.1, 0.15) is 39.0 Å². The lowest BCUT2D eigenvalue weighted by atomic mass is 10.1. The third kappa shape index (κ3) is 5.74. The topological polar surface area (TPSA) is 66.0 Å². The maximum atomic E-state index is 14.0. The molecule has 0 radical (unpaired) electrons. The van der Waals surface area contributed by atoms with Gasteiger partial charge >= 0.3 is 7.60 Å². The molecule has 28 heavy (non-hydrogen) atoms. The molecule has 2 rings (SSSR count). The molecule has 154 valence electrons. The molecule has 0 aromatic heterocycles. The number of hydrogen-bond donors (Lipinski definition) is 1. The van der Waals surface area contributed by atoms with Gasteiger partial charge in [0.2, 0.25) is 0 Å². The van der Waals surface area contributed by atoms with Gasteiger partial charge in [-0.1, -0.05) is 18.2 Å². The van der Waals surface area contributed by atoms with Crippen LogP contribution in [0.15, 0.2) is 48.5 Å². The molecule has 2 aromatic rings. The van der Waals surface area contributed by atoms with Crippen molar-refractivity contribution in [2.75, 3.05) is 19.5 Å². The fraction of sp³-hybridized carbons (Fsp3) is 0.429. The van der Waals surface area contributed by atoms with Gasteiger partial charge in [-0.3, -0.25) is 4.57 Å². The summed E-state index contributed by atoms with van der Waals surface area (Å²) in [5, 5.41) is 3.32. The van der Waals surface area contributed by atoms with Crippen LogP contribution in [-0.4, -0.2) is 26.4 Å².